The second kappa shape index (κ2) is 4.38. The Hall–Kier alpha value is 0.220. The number of halogens is 3. The molecule has 0 atom stereocenters. The van der Waals surface area contributed by atoms with E-state index >= 15 is 0 Å². The van der Waals surface area contributed by atoms with Crippen LogP contribution in [0.1, 0.15) is 0 Å². The molecule has 0 spiro atoms. The van der Waals surface area contributed by atoms with Crippen molar-refractivity contribution in [3.8, 4) is 5.75 Å². The Labute approximate surface area is 103 Å². The van der Waals surface area contributed by atoms with E-state index in [4.69, 9.17) is 15.4 Å². The fourth-order valence-corrected chi connectivity index (χ4v) is 3.71. The lowest BCUT2D eigenvalue weighted by molar-refractivity contribution is 0.410. The fraction of sp³-hybridized carbons (Fsp3) is 0.143. The molecule has 0 saturated heterocycles. The molecule has 7 heteroatoms. The summed E-state index contributed by atoms with van der Waals surface area (Å²) in [7, 11) is 2.90. The third-order valence-corrected chi connectivity index (χ3v) is 4.34. The molecule has 0 radical (unpaired) electrons. The molecule has 0 aliphatic heterocycles. The first kappa shape index (κ1) is 12.3. The second-order valence-corrected chi connectivity index (χ2v) is 6.60. The highest BCUT2D eigenvalue weighted by Crippen LogP contribution is 2.36. The Morgan fingerprint density at radius 3 is 2.36 bits per heavy atom. The summed E-state index contributed by atoms with van der Waals surface area (Å²) >= 11 is 6.26. The summed E-state index contributed by atoms with van der Waals surface area (Å²) in [5.41, 5.74) is 0. The zero-order chi connectivity index (χ0) is 10.9. The molecule has 14 heavy (non-hydrogen) atoms. The van der Waals surface area contributed by atoms with Crippen molar-refractivity contribution in [2.75, 3.05) is 7.11 Å². The van der Waals surface area contributed by atoms with Crippen molar-refractivity contribution < 1.29 is 13.2 Å². The zero-order valence-corrected chi connectivity index (χ0v) is 11.7. The summed E-state index contributed by atoms with van der Waals surface area (Å²) in [5, 5.41) is 0. The van der Waals surface area contributed by atoms with Gasteiger partial charge in [0, 0.05) is 15.2 Å². The molecule has 0 aromatic heterocycles. The number of hydrogen-bond acceptors (Lipinski definition) is 3. The molecule has 0 N–H and O–H groups in total. The molecule has 0 amide bonds. The van der Waals surface area contributed by atoms with Gasteiger partial charge in [0.25, 0.3) is 9.05 Å². The van der Waals surface area contributed by atoms with Gasteiger partial charge in [0.15, 0.2) is 0 Å². The van der Waals surface area contributed by atoms with Gasteiger partial charge in [-0.3, -0.25) is 0 Å². The van der Waals surface area contributed by atoms with Gasteiger partial charge in [0.1, 0.15) is 10.6 Å². The van der Waals surface area contributed by atoms with Gasteiger partial charge >= 0.3 is 0 Å². The minimum absolute atomic E-state index is 0.0228. The Balaban J connectivity index is 3.53. The fourth-order valence-electron chi connectivity index (χ4n) is 0.866. The molecule has 0 saturated carbocycles. The largest absolute Gasteiger partial charge is 0.495 e. The first-order valence-electron chi connectivity index (χ1n) is 3.34. The molecule has 0 aliphatic rings. The minimum atomic E-state index is -3.77. The van der Waals surface area contributed by atoms with E-state index in [1.165, 1.54) is 13.2 Å². The topological polar surface area (TPSA) is 43.4 Å². The zero-order valence-electron chi connectivity index (χ0n) is 6.92. The third-order valence-electron chi connectivity index (χ3n) is 1.45. The Kier molecular flexibility index (Phi) is 3.85. The third kappa shape index (κ3) is 2.62. The smallest absolute Gasteiger partial charge is 0.262 e. The average molecular weight is 364 g/mol. The van der Waals surface area contributed by atoms with E-state index in [-0.39, 0.29) is 4.90 Å². The van der Waals surface area contributed by atoms with E-state index in [0.29, 0.717) is 14.7 Å². The van der Waals surface area contributed by atoms with Crippen molar-refractivity contribution in [2.24, 2.45) is 0 Å². The first-order valence-corrected chi connectivity index (χ1v) is 7.23. The normalized spacial score (nSPS) is 11.4. The van der Waals surface area contributed by atoms with Crippen molar-refractivity contribution in [1.82, 2.24) is 0 Å². The molecule has 0 bridgehead atoms. The molecular weight excluding hydrogens is 359 g/mol. The molecule has 78 valence electrons. The van der Waals surface area contributed by atoms with E-state index in [1.807, 2.05) is 0 Å². The predicted octanol–water partition coefficient (Wildman–Crippen LogP) is 3.15. The molecule has 0 aliphatic carbocycles. The van der Waals surface area contributed by atoms with E-state index in [9.17, 15) is 8.42 Å². The Morgan fingerprint density at radius 1 is 1.36 bits per heavy atom. The van der Waals surface area contributed by atoms with Crippen LogP contribution < -0.4 is 4.74 Å². The molecule has 1 aromatic carbocycles. The lowest BCUT2D eigenvalue weighted by atomic mass is 10.3. The van der Waals surface area contributed by atoms with Crippen molar-refractivity contribution in [3.63, 3.8) is 0 Å². The average Bonchev–Trinajstić information content (AvgIpc) is 2.06. The monoisotopic (exact) mass is 362 g/mol. The molecule has 1 aromatic rings. The van der Waals surface area contributed by atoms with Gasteiger partial charge in [0.2, 0.25) is 0 Å². The van der Waals surface area contributed by atoms with Crippen LogP contribution in [0.5, 0.6) is 5.75 Å². The van der Waals surface area contributed by atoms with Gasteiger partial charge in [-0.1, -0.05) is 15.9 Å². The summed E-state index contributed by atoms with van der Waals surface area (Å²) < 4.78 is 28.1. The van der Waals surface area contributed by atoms with Crippen molar-refractivity contribution in [3.05, 3.63) is 21.1 Å². The van der Waals surface area contributed by atoms with E-state index in [0.717, 1.165) is 0 Å². The lowest BCUT2D eigenvalue weighted by Gasteiger charge is -2.07. The molecule has 3 nitrogen and oxygen atoms in total. The predicted molar refractivity (Wildman–Crippen MR) is 61.4 cm³/mol. The summed E-state index contributed by atoms with van der Waals surface area (Å²) in [6.07, 6.45) is 0. The number of methoxy groups -OCH3 is 1. The maximum absolute atomic E-state index is 11.1. The van der Waals surface area contributed by atoms with Crippen LogP contribution in [-0.2, 0) is 9.05 Å². The van der Waals surface area contributed by atoms with Crippen LogP contribution in [0.3, 0.4) is 0 Å². The van der Waals surface area contributed by atoms with Gasteiger partial charge < -0.3 is 4.74 Å². The number of benzene rings is 1. The van der Waals surface area contributed by atoms with Crippen LogP contribution in [-0.4, -0.2) is 15.5 Å². The molecule has 0 unspecified atom stereocenters. The van der Waals surface area contributed by atoms with Crippen LogP contribution >= 0.6 is 42.5 Å². The van der Waals surface area contributed by atoms with Gasteiger partial charge in [-0.2, -0.15) is 0 Å². The maximum atomic E-state index is 11.1. The maximum Gasteiger partial charge on any atom is 0.262 e. The van der Waals surface area contributed by atoms with Crippen LogP contribution in [0.25, 0.3) is 0 Å². The quantitative estimate of drug-likeness (QED) is 0.757. The minimum Gasteiger partial charge on any atom is -0.495 e. The van der Waals surface area contributed by atoms with Crippen LogP contribution in [0, 0.1) is 0 Å². The lowest BCUT2D eigenvalue weighted by Crippen LogP contribution is -1.95. The standard InChI is InChI=1S/C7H5Br2ClO3S/c1-13-5-2-4(8)3-6(7(5)9)14(10,11)12/h2-3H,1H3. The Morgan fingerprint density at radius 2 is 1.93 bits per heavy atom. The highest BCUT2D eigenvalue weighted by atomic mass is 79.9. The molecular formula is C7H5Br2ClO3S. The van der Waals surface area contributed by atoms with Gasteiger partial charge in [0.05, 0.1) is 11.6 Å². The summed E-state index contributed by atoms with van der Waals surface area (Å²) in [6, 6.07) is 3.03. The van der Waals surface area contributed by atoms with Crippen molar-refractivity contribution in [2.45, 2.75) is 4.90 Å². The number of hydrogen-bond donors (Lipinski definition) is 0. The highest BCUT2D eigenvalue weighted by Gasteiger charge is 2.18. The van der Waals surface area contributed by atoms with Crippen molar-refractivity contribution in [1.29, 1.82) is 0 Å². The van der Waals surface area contributed by atoms with E-state index in [1.54, 1.807) is 6.07 Å². The van der Waals surface area contributed by atoms with Gasteiger partial charge in [-0.05, 0) is 28.1 Å². The first-order chi connectivity index (χ1) is 6.36. The summed E-state index contributed by atoms with van der Waals surface area (Å²) in [5.74, 6) is 0.401. The SMILES string of the molecule is COc1cc(Br)cc(S(=O)(=O)Cl)c1Br. The molecule has 0 fully saturated rings. The van der Waals surface area contributed by atoms with Crippen LogP contribution in [0.15, 0.2) is 26.0 Å². The van der Waals surface area contributed by atoms with Crippen LogP contribution in [0.2, 0.25) is 0 Å². The summed E-state index contributed by atoms with van der Waals surface area (Å²) in [4.78, 5) is -0.0228. The van der Waals surface area contributed by atoms with E-state index in [2.05, 4.69) is 31.9 Å². The Bertz CT molecular complexity index is 458. The molecule has 0 heterocycles. The second-order valence-electron chi connectivity index (χ2n) is 2.36. The van der Waals surface area contributed by atoms with Gasteiger partial charge in [-0.25, -0.2) is 8.42 Å². The van der Waals surface area contributed by atoms with Crippen molar-refractivity contribution >= 4 is 51.6 Å². The number of ether oxygens (including phenoxy) is 1. The molecule has 1 rings (SSSR count). The van der Waals surface area contributed by atoms with Crippen LogP contribution in [0.4, 0.5) is 0 Å². The van der Waals surface area contributed by atoms with Gasteiger partial charge in [-0.15, -0.1) is 0 Å². The highest BCUT2D eigenvalue weighted by molar-refractivity contribution is 9.11. The van der Waals surface area contributed by atoms with E-state index < -0.39 is 9.05 Å². The summed E-state index contributed by atoms with van der Waals surface area (Å²) in [6.45, 7) is 0. The number of rotatable bonds is 2.